The van der Waals surface area contributed by atoms with Crippen molar-refractivity contribution in [3.05, 3.63) is 12.2 Å². The van der Waals surface area contributed by atoms with Gasteiger partial charge in [-0.25, -0.2) is 0 Å². The summed E-state index contributed by atoms with van der Waals surface area (Å²) in [4.78, 5) is 14.0. The Morgan fingerprint density at radius 3 is 2.76 bits per heavy atom. The first-order valence-electron chi connectivity index (χ1n) is 6.43. The van der Waals surface area contributed by atoms with Gasteiger partial charge >= 0.3 is 0 Å². The molecule has 3 nitrogen and oxygen atoms in total. The SMILES string of the molecule is CC1(C)CC2CC(C)(CN2C(=O)/C=C/CO)C1. The highest BCUT2D eigenvalue weighted by Crippen LogP contribution is 2.52. The molecule has 0 aromatic carbocycles. The van der Waals surface area contributed by atoms with Gasteiger partial charge in [0.2, 0.25) is 5.91 Å². The summed E-state index contributed by atoms with van der Waals surface area (Å²) in [6.07, 6.45) is 6.47. The van der Waals surface area contributed by atoms with Crippen molar-refractivity contribution in [2.45, 2.75) is 46.1 Å². The van der Waals surface area contributed by atoms with Crippen LogP contribution in [0.2, 0.25) is 0 Å². The van der Waals surface area contributed by atoms with Crippen molar-refractivity contribution in [1.82, 2.24) is 4.90 Å². The molecular weight excluding hydrogens is 214 g/mol. The number of carbonyl (C=O) groups is 1. The normalized spacial score (nSPS) is 35.5. The lowest BCUT2D eigenvalue weighted by Crippen LogP contribution is -2.36. The fourth-order valence-electron chi connectivity index (χ4n) is 3.97. The van der Waals surface area contributed by atoms with E-state index in [0.717, 1.165) is 19.4 Å². The average molecular weight is 237 g/mol. The van der Waals surface area contributed by atoms with Gasteiger partial charge in [0, 0.05) is 18.7 Å². The molecule has 96 valence electrons. The molecule has 2 aliphatic rings. The van der Waals surface area contributed by atoms with E-state index in [1.165, 1.54) is 18.6 Å². The maximum absolute atomic E-state index is 12.0. The van der Waals surface area contributed by atoms with Crippen LogP contribution < -0.4 is 0 Å². The predicted octanol–water partition coefficient (Wildman–Crippen LogP) is 1.96. The quantitative estimate of drug-likeness (QED) is 0.746. The largest absolute Gasteiger partial charge is 0.392 e. The fraction of sp³-hybridized carbons (Fsp3) is 0.786. The number of carbonyl (C=O) groups excluding carboxylic acids is 1. The van der Waals surface area contributed by atoms with Crippen LogP contribution in [0.5, 0.6) is 0 Å². The number of aliphatic hydroxyl groups excluding tert-OH is 1. The Morgan fingerprint density at radius 2 is 2.12 bits per heavy atom. The van der Waals surface area contributed by atoms with Gasteiger partial charge in [0.05, 0.1) is 6.61 Å². The average Bonchev–Trinajstić information content (AvgIpc) is 2.44. The molecule has 2 rings (SSSR count). The van der Waals surface area contributed by atoms with Crippen molar-refractivity contribution < 1.29 is 9.90 Å². The van der Waals surface area contributed by atoms with Crippen LogP contribution >= 0.6 is 0 Å². The molecule has 1 saturated heterocycles. The van der Waals surface area contributed by atoms with Gasteiger partial charge in [-0.05, 0) is 30.1 Å². The van der Waals surface area contributed by atoms with E-state index in [1.807, 2.05) is 4.90 Å². The van der Waals surface area contributed by atoms with Crippen molar-refractivity contribution in [2.75, 3.05) is 13.2 Å². The van der Waals surface area contributed by atoms with Crippen molar-refractivity contribution in [1.29, 1.82) is 0 Å². The highest BCUT2D eigenvalue weighted by molar-refractivity contribution is 5.88. The van der Waals surface area contributed by atoms with Gasteiger partial charge in [0.15, 0.2) is 0 Å². The van der Waals surface area contributed by atoms with Gasteiger partial charge < -0.3 is 10.0 Å². The Balaban J connectivity index is 2.13. The Morgan fingerprint density at radius 1 is 1.41 bits per heavy atom. The zero-order valence-electron chi connectivity index (χ0n) is 11.1. The van der Waals surface area contributed by atoms with Crippen LogP contribution in [-0.4, -0.2) is 35.1 Å². The maximum Gasteiger partial charge on any atom is 0.246 e. The molecule has 2 unspecified atom stereocenters. The molecule has 0 radical (unpaired) electrons. The molecule has 0 aromatic rings. The van der Waals surface area contributed by atoms with Crippen molar-refractivity contribution in [3.8, 4) is 0 Å². The third kappa shape index (κ3) is 2.54. The highest BCUT2D eigenvalue weighted by atomic mass is 16.2. The van der Waals surface area contributed by atoms with Gasteiger partial charge in [-0.15, -0.1) is 0 Å². The first kappa shape index (κ1) is 12.6. The lowest BCUT2D eigenvalue weighted by atomic mass is 9.65. The van der Waals surface area contributed by atoms with Crippen molar-refractivity contribution in [3.63, 3.8) is 0 Å². The summed E-state index contributed by atoms with van der Waals surface area (Å²) in [7, 11) is 0. The predicted molar refractivity (Wildman–Crippen MR) is 67.5 cm³/mol. The molecule has 2 atom stereocenters. The molecule has 1 N–H and O–H groups in total. The first-order valence-corrected chi connectivity index (χ1v) is 6.43. The van der Waals surface area contributed by atoms with E-state index < -0.39 is 0 Å². The Kier molecular flexibility index (Phi) is 3.06. The Bertz CT molecular complexity index is 348. The van der Waals surface area contributed by atoms with Crippen LogP contribution in [0.15, 0.2) is 12.2 Å². The highest BCUT2D eigenvalue weighted by Gasteiger charge is 2.50. The van der Waals surface area contributed by atoms with E-state index in [4.69, 9.17) is 5.11 Å². The molecule has 1 heterocycles. The molecule has 0 spiro atoms. The molecule has 0 aromatic heterocycles. The minimum absolute atomic E-state index is 0.0606. The number of likely N-dealkylation sites (tertiary alicyclic amines) is 1. The molecule has 1 aliphatic heterocycles. The fourth-order valence-corrected chi connectivity index (χ4v) is 3.97. The first-order chi connectivity index (χ1) is 7.85. The summed E-state index contributed by atoms with van der Waals surface area (Å²) >= 11 is 0. The van der Waals surface area contributed by atoms with Gasteiger partial charge in [-0.3, -0.25) is 4.79 Å². The second-order valence-corrected chi connectivity index (χ2v) is 6.76. The third-order valence-corrected chi connectivity index (χ3v) is 4.06. The number of amides is 1. The number of aliphatic hydroxyl groups is 1. The Hall–Kier alpha value is -0.830. The van der Waals surface area contributed by atoms with Crippen LogP contribution in [0, 0.1) is 10.8 Å². The summed E-state index contributed by atoms with van der Waals surface area (Å²) in [6, 6.07) is 0.389. The third-order valence-electron chi connectivity index (χ3n) is 4.06. The molecule has 17 heavy (non-hydrogen) atoms. The van der Waals surface area contributed by atoms with E-state index in [0.29, 0.717) is 11.5 Å². The standard InChI is InChI=1S/C14H23NO2/c1-13(2)7-11-8-14(3,9-13)10-15(11)12(17)5-4-6-16/h4-5,11,16H,6-10H2,1-3H3/b5-4+. The van der Waals surface area contributed by atoms with Crippen molar-refractivity contribution in [2.24, 2.45) is 10.8 Å². The van der Waals surface area contributed by atoms with Crippen LogP contribution in [0.3, 0.4) is 0 Å². The molecule has 2 fully saturated rings. The Labute approximate surface area is 103 Å². The number of nitrogens with zero attached hydrogens (tertiary/aromatic N) is 1. The minimum atomic E-state index is -0.0625. The van der Waals surface area contributed by atoms with Crippen LogP contribution in [-0.2, 0) is 4.79 Å². The second-order valence-electron chi connectivity index (χ2n) is 6.76. The molecule has 1 saturated carbocycles. The smallest absolute Gasteiger partial charge is 0.246 e. The van der Waals surface area contributed by atoms with E-state index in [1.54, 1.807) is 0 Å². The van der Waals surface area contributed by atoms with E-state index in [9.17, 15) is 4.79 Å². The molecule has 1 aliphatic carbocycles. The van der Waals surface area contributed by atoms with Crippen LogP contribution in [0.4, 0.5) is 0 Å². The minimum Gasteiger partial charge on any atom is -0.392 e. The zero-order valence-corrected chi connectivity index (χ0v) is 11.1. The maximum atomic E-state index is 12.0. The number of fused-ring (bicyclic) bond motifs is 2. The molecule has 2 bridgehead atoms. The van der Waals surface area contributed by atoms with Gasteiger partial charge in [-0.2, -0.15) is 0 Å². The summed E-state index contributed by atoms with van der Waals surface area (Å²) in [5.41, 5.74) is 0.628. The summed E-state index contributed by atoms with van der Waals surface area (Å²) in [6.45, 7) is 7.70. The number of hydrogen-bond acceptors (Lipinski definition) is 2. The molecule has 1 amide bonds. The van der Waals surface area contributed by atoms with Crippen molar-refractivity contribution >= 4 is 5.91 Å². The number of rotatable bonds is 2. The summed E-state index contributed by atoms with van der Waals surface area (Å²) in [5, 5.41) is 8.72. The zero-order chi connectivity index (χ0) is 12.7. The number of hydrogen-bond donors (Lipinski definition) is 1. The van der Waals surface area contributed by atoms with E-state index >= 15 is 0 Å². The van der Waals surface area contributed by atoms with E-state index in [-0.39, 0.29) is 17.9 Å². The lowest BCUT2D eigenvalue weighted by molar-refractivity contribution is -0.127. The van der Waals surface area contributed by atoms with Crippen LogP contribution in [0.25, 0.3) is 0 Å². The van der Waals surface area contributed by atoms with Crippen LogP contribution in [0.1, 0.15) is 40.0 Å². The van der Waals surface area contributed by atoms with Gasteiger partial charge in [0.1, 0.15) is 0 Å². The molecular formula is C14H23NO2. The summed E-state index contributed by atoms with van der Waals surface area (Å²) < 4.78 is 0. The van der Waals surface area contributed by atoms with E-state index in [2.05, 4.69) is 20.8 Å². The summed E-state index contributed by atoms with van der Waals surface area (Å²) in [5.74, 6) is 0.0606. The second kappa shape index (κ2) is 4.13. The lowest BCUT2D eigenvalue weighted by Gasteiger charge is -2.39. The topological polar surface area (TPSA) is 40.5 Å². The van der Waals surface area contributed by atoms with Gasteiger partial charge in [-0.1, -0.05) is 26.8 Å². The monoisotopic (exact) mass is 237 g/mol. The molecule has 3 heteroatoms. The van der Waals surface area contributed by atoms with Gasteiger partial charge in [0.25, 0.3) is 0 Å².